The van der Waals surface area contributed by atoms with Crippen LogP contribution in [0.4, 0.5) is 16.4 Å². The van der Waals surface area contributed by atoms with Gasteiger partial charge in [0.25, 0.3) is 0 Å². The highest BCUT2D eigenvalue weighted by Crippen LogP contribution is 2.30. The van der Waals surface area contributed by atoms with E-state index in [0.717, 1.165) is 16.9 Å². The average molecular weight is 425 g/mol. The normalized spacial score (nSPS) is 24.3. The van der Waals surface area contributed by atoms with E-state index in [9.17, 15) is 4.79 Å². The Balaban J connectivity index is 1.39. The van der Waals surface area contributed by atoms with E-state index in [1.54, 1.807) is 12.3 Å². The van der Waals surface area contributed by atoms with Crippen molar-refractivity contribution in [1.82, 2.24) is 15.3 Å². The van der Waals surface area contributed by atoms with Gasteiger partial charge in [-0.2, -0.15) is 0 Å². The van der Waals surface area contributed by atoms with Gasteiger partial charge in [0.1, 0.15) is 12.2 Å². The van der Waals surface area contributed by atoms with Crippen molar-refractivity contribution in [2.45, 2.75) is 24.4 Å². The third kappa shape index (κ3) is 4.78. The van der Waals surface area contributed by atoms with E-state index in [2.05, 4.69) is 44.2 Å². The fraction of sp³-hybridized carbons (Fsp3) is 0.409. The Hall–Kier alpha value is -3.17. The van der Waals surface area contributed by atoms with Gasteiger partial charge in [-0.3, -0.25) is 0 Å². The zero-order valence-electron chi connectivity index (χ0n) is 17.7. The summed E-state index contributed by atoms with van der Waals surface area (Å²) in [5, 5.41) is 5.90. The number of carbonyl (C=O) groups excluding carboxylic acids is 1. The average Bonchev–Trinajstić information content (AvgIpc) is 3.36. The SMILES string of the molecule is C=CCNC(=O)O[C@@H]1CO[C@H]2[C@H]1OC[C@H]2Nc1nccc(-c2ccc(N(C)C)cc2)n1. The molecule has 2 aliphatic heterocycles. The first-order valence-electron chi connectivity index (χ1n) is 10.2. The van der Waals surface area contributed by atoms with Gasteiger partial charge in [-0.1, -0.05) is 18.2 Å². The molecule has 0 radical (unpaired) electrons. The number of aromatic nitrogens is 2. The highest BCUT2D eigenvalue weighted by atomic mass is 16.6. The Bertz CT molecular complexity index is 920. The number of carbonyl (C=O) groups is 1. The molecular weight excluding hydrogens is 398 g/mol. The van der Waals surface area contributed by atoms with E-state index < -0.39 is 12.2 Å². The number of hydrogen-bond acceptors (Lipinski definition) is 8. The predicted molar refractivity (Wildman–Crippen MR) is 117 cm³/mol. The van der Waals surface area contributed by atoms with Gasteiger partial charge in [-0.15, -0.1) is 6.58 Å². The van der Waals surface area contributed by atoms with Gasteiger partial charge in [0.15, 0.2) is 6.10 Å². The molecule has 3 heterocycles. The van der Waals surface area contributed by atoms with Crippen LogP contribution in [-0.4, -0.2) is 74.3 Å². The molecule has 1 aromatic carbocycles. The van der Waals surface area contributed by atoms with Crippen LogP contribution >= 0.6 is 0 Å². The lowest BCUT2D eigenvalue weighted by molar-refractivity contribution is 0.00475. The maximum Gasteiger partial charge on any atom is 0.407 e. The minimum absolute atomic E-state index is 0.138. The topological polar surface area (TPSA) is 97.8 Å². The summed E-state index contributed by atoms with van der Waals surface area (Å²) in [5.74, 6) is 0.500. The van der Waals surface area contributed by atoms with Crippen LogP contribution in [0.15, 0.2) is 49.2 Å². The zero-order valence-corrected chi connectivity index (χ0v) is 17.7. The molecule has 0 aliphatic carbocycles. The smallest absolute Gasteiger partial charge is 0.407 e. The van der Waals surface area contributed by atoms with Crippen molar-refractivity contribution in [3.63, 3.8) is 0 Å². The highest BCUT2D eigenvalue weighted by Gasteiger charge is 2.49. The third-order valence-electron chi connectivity index (χ3n) is 5.31. The Morgan fingerprint density at radius 1 is 1.23 bits per heavy atom. The standard InChI is InChI=1S/C22H27N5O4/c1-4-10-24-22(28)31-18-13-30-19-17(12-29-20(18)19)26-21-23-11-9-16(25-21)14-5-7-15(8-6-14)27(2)3/h4-9,11,17-20H,1,10,12-13H2,2-3H3,(H,24,28)(H,23,25,26)/t17-,18-,19-,20+/m1/s1. The molecule has 4 rings (SSSR count). The van der Waals surface area contributed by atoms with Gasteiger partial charge >= 0.3 is 6.09 Å². The summed E-state index contributed by atoms with van der Waals surface area (Å²) in [6.07, 6.45) is 1.78. The number of rotatable bonds is 7. The number of nitrogens with zero attached hydrogens (tertiary/aromatic N) is 3. The molecule has 2 aromatic rings. The third-order valence-corrected chi connectivity index (χ3v) is 5.31. The van der Waals surface area contributed by atoms with Crippen molar-refractivity contribution in [1.29, 1.82) is 0 Å². The summed E-state index contributed by atoms with van der Waals surface area (Å²) < 4.78 is 17.1. The van der Waals surface area contributed by atoms with Crippen LogP contribution in [0, 0.1) is 0 Å². The Morgan fingerprint density at radius 3 is 2.74 bits per heavy atom. The number of nitrogens with one attached hydrogen (secondary N) is 2. The van der Waals surface area contributed by atoms with Crippen LogP contribution < -0.4 is 15.5 Å². The van der Waals surface area contributed by atoms with E-state index in [0.29, 0.717) is 19.1 Å². The van der Waals surface area contributed by atoms with Crippen LogP contribution in [0.3, 0.4) is 0 Å². The van der Waals surface area contributed by atoms with Crippen LogP contribution in [0.1, 0.15) is 0 Å². The van der Waals surface area contributed by atoms with E-state index in [1.807, 2.05) is 32.3 Å². The molecule has 2 aliphatic rings. The number of hydrogen-bond donors (Lipinski definition) is 2. The van der Waals surface area contributed by atoms with E-state index in [-0.39, 0.29) is 24.9 Å². The highest BCUT2D eigenvalue weighted by molar-refractivity contribution is 5.67. The van der Waals surface area contributed by atoms with Gasteiger partial charge in [0.05, 0.1) is 24.9 Å². The molecule has 2 saturated heterocycles. The molecule has 9 heteroatoms. The first-order chi connectivity index (χ1) is 15.0. The second-order valence-corrected chi connectivity index (χ2v) is 7.67. The quantitative estimate of drug-likeness (QED) is 0.651. The molecule has 0 saturated carbocycles. The van der Waals surface area contributed by atoms with Gasteiger partial charge in [0, 0.05) is 38.1 Å². The summed E-state index contributed by atoms with van der Waals surface area (Å²) in [5.41, 5.74) is 2.96. The first-order valence-corrected chi connectivity index (χ1v) is 10.2. The van der Waals surface area contributed by atoms with Crippen LogP contribution in [0.2, 0.25) is 0 Å². The molecule has 31 heavy (non-hydrogen) atoms. The molecule has 0 spiro atoms. The fourth-order valence-electron chi connectivity index (χ4n) is 3.71. The second kappa shape index (κ2) is 9.32. The Morgan fingerprint density at radius 2 is 2.00 bits per heavy atom. The lowest BCUT2D eigenvalue weighted by Crippen LogP contribution is -2.39. The van der Waals surface area contributed by atoms with Crippen molar-refractivity contribution in [3.8, 4) is 11.3 Å². The molecular formula is C22H27N5O4. The van der Waals surface area contributed by atoms with Gasteiger partial charge in [-0.05, 0) is 18.2 Å². The largest absolute Gasteiger partial charge is 0.441 e. The summed E-state index contributed by atoms with van der Waals surface area (Å²) >= 11 is 0. The maximum atomic E-state index is 11.8. The lowest BCUT2D eigenvalue weighted by atomic mass is 10.1. The van der Waals surface area contributed by atoms with Crippen molar-refractivity contribution in [2.24, 2.45) is 0 Å². The van der Waals surface area contributed by atoms with E-state index in [1.165, 1.54) is 0 Å². The molecule has 2 fully saturated rings. The molecule has 4 atom stereocenters. The number of benzene rings is 1. The number of alkyl carbamates (subject to hydrolysis) is 1. The van der Waals surface area contributed by atoms with Crippen molar-refractivity contribution >= 4 is 17.7 Å². The Kier molecular flexibility index (Phi) is 6.34. The molecule has 0 unspecified atom stereocenters. The van der Waals surface area contributed by atoms with E-state index >= 15 is 0 Å². The predicted octanol–water partition coefficient (Wildman–Crippen LogP) is 2.07. The number of amides is 1. The van der Waals surface area contributed by atoms with Gasteiger partial charge in [0.2, 0.25) is 5.95 Å². The van der Waals surface area contributed by atoms with Crippen LogP contribution in [-0.2, 0) is 14.2 Å². The number of fused-ring (bicyclic) bond motifs is 1. The minimum atomic E-state index is -0.509. The Labute approximate surface area is 181 Å². The molecule has 164 valence electrons. The monoisotopic (exact) mass is 425 g/mol. The summed E-state index contributed by atoms with van der Waals surface area (Å²) in [7, 11) is 4.01. The first kappa shape index (κ1) is 21.1. The van der Waals surface area contributed by atoms with E-state index in [4.69, 9.17) is 14.2 Å². The summed E-state index contributed by atoms with van der Waals surface area (Å²) in [6, 6.07) is 9.92. The van der Waals surface area contributed by atoms with Crippen molar-refractivity contribution < 1.29 is 19.0 Å². The van der Waals surface area contributed by atoms with Crippen LogP contribution in [0.25, 0.3) is 11.3 Å². The zero-order chi connectivity index (χ0) is 21.8. The molecule has 2 N–H and O–H groups in total. The lowest BCUT2D eigenvalue weighted by Gasteiger charge is -2.18. The summed E-state index contributed by atoms with van der Waals surface area (Å²) in [6.45, 7) is 4.60. The van der Waals surface area contributed by atoms with Gasteiger partial charge < -0.3 is 29.7 Å². The van der Waals surface area contributed by atoms with Crippen LogP contribution in [0.5, 0.6) is 0 Å². The van der Waals surface area contributed by atoms with Crippen molar-refractivity contribution in [3.05, 3.63) is 49.2 Å². The second-order valence-electron chi connectivity index (χ2n) is 7.67. The fourth-order valence-corrected chi connectivity index (χ4v) is 3.71. The number of ether oxygens (including phenoxy) is 3. The summed E-state index contributed by atoms with van der Waals surface area (Å²) in [4.78, 5) is 22.9. The minimum Gasteiger partial charge on any atom is -0.441 e. The molecule has 0 bridgehead atoms. The maximum absolute atomic E-state index is 11.8. The molecule has 1 amide bonds. The number of anilines is 2. The molecule has 9 nitrogen and oxygen atoms in total. The van der Waals surface area contributed by atoms with Gasteiger partial charge in [-0.25, -0.2) is 14.8 Å². The van der Waals surface area contributed by atoms with Crippen molar-refractivity contribution in [2.75, 3.05) is 44.1 Å². The molecule has 1 aromatic heterocycles.